The Morgan fingerprint density at radius 2 is 1.75 bits per heavy atom. The van der Waals surface area contributed by atoms with Gasteiger partial charge < -0.3 is 10.2 Å². The van der Waals surface area contributed by atoms with Crippen LogP contribution in [0.1, 0.15) is 43.6 Å². The van der Waals surface area contributed by atoms with E-state index in [1.165, 1.54) is 18.6 Å². The first-order valence-electron chi connectivity index (χ1n) is 5.61. The Hall–Kier alpha value is -1.58. The summed E-state index contributed by atoms with van der Waals surface area (Å²) in [6.45, 7) is 0. The summed E-state index contributed by atoms with van der Waals surface area (Å²) >= 11 is 0. The van der Waals surface area contributed by atoms with Crippen molar-refractivity contribution in [3.05, 3.63) is 22.6 Å². The molecule has 0 amide bonds. The second-order valence-electron chi connectivity index (χ2n) is 4.33. The van der Waals surface area contributed by atoms with Gasteiger partial charge in [-0.3, -0.25) is 0 Å². The molecule has 1 aliphatic carbocycles. The van der Waals surface area contributed by atoms with Crippen molar-refractivity contribution in [3.63, 3.8) is 0 Å². The molecule has 1 saturated carbocycles. The van der Waals surface area contributed by atoms with E-state index in [2.05, 4.69) is 5.18 Å². The highest BCUT2D eigenvalue weighted by atomic mass is 16.3. The number of nitroso groups, excluding NO2 is 1. The zero-order valence-electron chi connectivity index (χ0n) is 9.02. The van der Waals surface area contributed by atoms with Gasteiger partial charge in [0.1, 0.15) is 17.2 Å². The quantitative estimate of drug-likeness (QED) is 0.750. The molecule has 1 aromatic carbocycles. The van der Waals surface area contributed by atoms with Crippen LogP contribution in [0.4, 0.5) is 5.69 Å². The molecule has 1 aliphatic rings. The Balaban J connectivity index is 2.35. The van der Waals surface area contributed by atoms with Gasteiger partial charge in [-0.25, -0.2) is 0 Å². The molecule has 0 radical (unpaired) electrons. The van der Waals surface area contributed by atoms with E-state index in [1.54, 1.807) is 0 Å². The van der Waals surface area contributed by atoms with E-state index in [4.69, 9.17) is 0 Å². The average molecular weight is 221 g/mol. The first-order chi connectivity index (χ1) is 7.72. The fourth-order valence-electron chi connectivity index (χ4n) is 2.40. The van der Waals surface area contributed by atoms with Crippen molar-refractivity contribution >= 4 is 5.69 Å². The molecular weight excluding hydrogens is 206 g/mol. The first kappa shape index (κ1) is 10.9. The van der Waals surface area contributed by atoms with Gasteiger partial charge in [0.25, 0.3) is 0 Å². The minimum atomic E-state index is -0.257. The average Bonchev–Trinajstić information content (AvgIpc) is 2.30. The molecule has 0 bridgehead atoms. The lowest BCUT2D eigenvalue weighted by molar-refractivity contribution is 0.409. The zero-order chi connectivity index (χ0) is 11.5. The Kier molecular flexibility index (Phi) is 3.08. The molecule has 0 aliphatic heterocycles. The molecule has 0 heterocycles. The number of benzene rings is 1. The fraction of sp³-hybridized carbons (Fsp3) is 0.500. The van der Waals surface area contributed by atoms with Gasteiger partial charge in [-0.05, 0) is 35.6 Å². The maximum absolute atomic E-state index is 10.5. The van der Waals surface area contributed by atoms with Crippen LogP contribution in [0.3, 0.4) is 0 Å². The molecule has 0 unspecified atom stereocenters. The van der Waals surface area contributed by atoms with Crippen molar-refractivity contribution in [2.24, 2.45) is 5.18 Å². The lowest BCUT2D eigenvalue weighted by Crippen LogP contribution is -2.04. The summed E-state index contributed by atoms with van der Waals surface area (Å²) in [5.41, 5.74) is 0.755. The number of phenols is 2. The van der Waals surface area contributed by atoms with E-state index < -0.39 is 0 Å². The molecule has 0 aromatic heterocycles. The summed E-state index contributed by atoms with van der Waals surface area (Å²) < 4.78 is 0. The molecule has 2 rings (SSSR count). The Labute approximate surface area is 93.9 Å². The second-order valence-corrected chi connectivity index (χ2v) is 4.33. The van der Waals surface area contributed by atoms with Gasteiger partial charge in [0.15, 0.2) is 0 Å². The van der Waals surface area contributed by atoms with Crippen LogP contribution >= 0.6 is 0 Å². The van der Waals surface area contributed by atoms with Crippen LogP contribution in [0.2, 0.25) is 0 Å². The Bertz CT molecular complexity index is 397. The van der Waals surface area contributed by atoms with Crippen molar-refractivity contribution in [1.82, 2.24) is 0 Å². The summed E-state index contributed by atoms with van der Waals surface area (Å²) in [5, 5.41) is 21.9. The number of hydrogen-bond acceptors (Lipinski definition) is 4. The second kappa shape index (κ2) is 4.51. The Morgan fingerprint density at radius 1 is 1.06 bits per heavy atom. The molecule has 0 saturated heterocycles. The van der Waals surface area contributed by atoms with Crippen molar-refractivity contribution in [1.29, 1.82) is 0 Å². The smallest absolute Gasteiger partial charge is 0.150 e. The van der Waals surface area contributed by atoms with E-state index in [-0.39, 0.29) is 23.1 Å². The molecule has 1 aromatic rings. The number of hydrogen-bond donors (Lipinski definition) is 2. The molecule has 4 heteroatoms. The van der Waals surface area contributed by atoms with Crippen LogP contribution < -0.4 is 0 Å². The lowest BCUT2D eigenvalue weighted by Gasteiger charge is -2.22. The highest BCUT2D eigenvalue weighted by molar-refractivity contribution is 5.58. The molecule has 0 spiro atoms. The van der Waals surface area contributed by atoms with Crippen LogP contribution in [0.25, 0.3) is 0 Å². The predicted octanol–water partition coefficient (Wildman–Crippen LogP) is 3.54. The van der Waals surface area contributed by atoms with E-state index in [1.807, 2.05) is 0 Å². The van der Waals surface area contributed by atoms with Crippen molar-refractivity contribution in [2.75, 3.05) is 0 Å². The summed E-state index contributed by atoms with van der Waals surface area (Å²) in [6.07, 6.45) is 5.57. The maximum Gasteiger partial charge on any atom is 0.150 e. The third kappa shape index (κ3) is 2.01. The number of phenolic OH excluding ortho intramolecular Hbond substituents is 2. The van der Waals surface area contributed by atoms with Crippen molar-refractivity contribution in [2.45, 2.75) is 38.0 Å². The van der Waals surface area contributed by atoms with Gasteiger partial charge in [-0.15, -0.1) is 4.91 Å². The number of aromatic hydroxyl groups is 2. The van der Waals surface area contributed by atoms with E-state index in [9.17, 15) is 15.1 Å². The van der Waals surface area contributed by atoms with E-state index in [0.29, 0.717) is 0 Å². The summed E-state index contributed by atoms with van der Waals surface area (Å²) in [7, 11) is 0. The number of rotatable bonds is 2. The van der Waals surface area contributed by atoms with E-state index in [0.717, 1.165) is 31.2 Å². The fourth-order valence-corrected chi connectivity index (χ4v) is 2.40. The van der Waals surface area contributed by atoms with Gasteiger partial charge in [0.05, 0.1) is 0 Å². The molecule has 1 fully saturated rings. The zero-order valence-corrected chi connectivity index (χ0v) is 9.02. The molecule has 2 N–H and O–H groups in total. The summed E-state index contributed by atoms with van der Waals surface area (Å²) in [6, 6.07) is 2.72. The van der Waals surface area contributed by atoms with Crippen LogP contribution in [-0.2, 0) is 0 Å². The Morgan fingerprint density at radius 3 is 2.38 bits per heavy atom. The molecule has 4 nitrogen and oxygen atoms in total. The van der Waals surface area contributed by atoms with Crippen LogP contribution in [0, 0.1) is 4.91 Å². The van der Waals surface area contributed by atoms with Gasteiger partial charge in [-0.1, -0.05) is 19.3 Å². The third-order valence-corrected chi connectivity index (χ3v) is 3.27. The largest absolute Gasteiger partial charge is 0.508 e. The third-order valence-electron chi connectivity index (χ3n) is 3.27. The van der Waals surface area contributed by atoms with Crippen LogP contribution in [0.5, 0.6) is 11.5 Å². The monoisotopic (exact) mass is 221 g/mol. The maximum atomic E-state index is 10.5. The molecule has 86 valence electrons. The molecule has 0 atom stereocenters. The topological polar surface area (TPSA) is 69.9 Å². The SMILES string of the molecule is O=Nc1cc(C2CCCCC2)c(O)cc1O. The van der Waals surface area contributed by atoms with Gasteiger partial charge in [-0.2, -0.15) is 0 Å². The van der Waals surface area contributed by atoms with Gasteiger partial charge in [0, 0.05) is 6.07 Å². The standard InChI is InChI=1S/C12H15NO3/c14-11-7-12(15)10(13-16)6-9(11)8-4-2-1-3-5-8/h6-8,14-15H,1-5H2. The summed E-state index contributed by atoms with van der Waals surface area (Å²) in [5.74, 6) is 0.0960. The summed E-state index contributed by atoms with van der Waals surface area (Å²) in [4.78, 5) is 10.5. The molecular formula is C12H15NO3. The van der Waals surface area contributed by atoms with Crippen molar-refractivity contribution < 1.29 is 10.2 Å². The highest BCUT2D eigenvalue weighted by Gasteiger charge is 2.20. The van der Waals surface area contributed by atoms with Crippen LogP contribution in [0.15, 0.2) is 17.3 Å². The first-order valence-corrected chi connectivity index (χ1v) is 5.61. The lowest BCUT2D eigenvalue weighted by atomic mass is 9.83. The highest BCUT2D eigenvalue weighted by Crippen LogP contribution is 2.42. The van der Waals surface area contributed by atoms with E-state index >= 15 is 0 Å². The van der Waals surface area contributed by atoms with Crippen LogP contribution in [-0.4, -0.2) is 10.2 Å². The van der Waals surface area contributed by atoms with Crippen molar-refractivity contribution in [3.8, 4) is 11.5 Å². The predicted molar refractivity (Wildman–Crippen MR) is 61.1 cm³/mol. The normalized spacial score (nSPS) is 17.2. The van der Waals surface area contributed by atoms with Gasteiger partial charge in [0.2, 0.25) is 0 Å². The minimum Gasteiger partial charge on any atom is -0.508 e. The minimum absolute atomic E-state index is 0.0124. The molecule has 16 heavy (non-hydrogen) atoms. The van der Waals surface area contributed by atoms with Gasteiger partial charge >= 0.3 is 0 Å². The number of nitrogens with zero attached hydrogens (tertiary/aromatic N) is 1.